The number of hydrogen-bond donors (Lipinski definition) is 0. The van der Waals surface area contributed by atoms with E-state index in [-0.39, 0.29) is 0 Å². The molecule has 1 heteroatoms. The average Bonchev–Trinajstić information content (AvgIpc) is 2.16. The summed E-state index contributed by atoms with van der Waals surface area (Å²) in [6.45, 7) is 6.47. The Balaban J connectivity index is 2.38. The van der Waals surface area contributed by atoms with Crippen molar-refractivity contribution >= 4 is 0 Å². The second-order valence-electron chi connectivity index (χ2n) is 2.84. The number of para-hydroxylation sites is 1. The Morgan fingerprint density at radius 3 is 2.67 bits per heavy atom. The fourth-order valence-electron chi connectivity index (χ4n) is 0.812. The van der Waals surface area contributed by atoms with Crippen LogP contribution in [0.1, 0.15) is 6.92 Å². The molecule has 0 aliphatic rings. The third-order valence-corrected chi connectivity index (χ3v) is 1.66. The van der Waals surface area contributed by atoms with Crippen molar-refractivity contribution in [2.24, 2.45) is 5.92 Å². The van der Waals surface area contributed by atoms with Crippen LogP contribution in [0.15, 0.2) is 43.0 Å². The summed E-state index contributed by atoms with van der Waals surface area (Å²) >= 11 is 0. The van der Waals surface area contributed by atoms with Gasteiger partial charge in [-0.05, 0) is 12.1 Å². The van der Waals surface area contributed by atoms with Gasteiger partial charge in [0.05, 0.1) is 6.61 Å². The van der Waals surface area contributed by atoms with Crippen molar-refractivity contribution in [2.75, 3.05) is 6.61 Å². The van der Waals surface area contributed by atoms with E-state index >= 15 is 0 Å². The summed E-state index contributed by atoms with van der Waals surface area (Å²) in [5.41, 5.74) is 0. The van der Waals surface area contributed by atoms with Gasteiger partial charge in [0.15, 0.2) is 0 Å². The van der Waals surface area contributed by atoms with Gasteiger partial charge in [-0.1, -0.05) is 31.2 Å². The zero-order valence-electron chi connectivity index (χ0n) is 7.36. The molecule has 0 fully saturated rings. The first-order chi connectivity index (χ1) is 5.83. The van der Waals surface area contributed by atoms with Gasteiger partial charge in [-0.3, -0.25) is 0 Å². The lowest BCUT2D eigenvalue weighted by atomic mass is 10.2. The van der Waals surface area contributed by atoms with E-state index in [0.717, 1.165) is 5.75 Å². The highest BCUT2D eigenvalue weighted by molar-refractivity contribution is 5.20. The molecule has 0 N–H and O–H groups in total. The molecule has 1 aromatic rings. The van der Waals surface area contributed by atoms with Gasteiger partial charge in [-0.15, -0.1) is 6.58 Å². The number of rotatable bonds is 4. The summed E-state index contributed by atoms with van der Waals surface area (Å²) < 4.78 is 5.49. The summed E-state index contributed by atoms with van der Waals surface area (Å²) in [6, 6.07) is 9.82. The van der Waals surface area contributed by atoms with Gasteiger partial charge in [0.1, 0.15) is 5.75 Å². The van der Waals surface area contributed by atoms with Gasteiger partial charge in [-0.25, -0.2) is 0 Å². The average molecular weight is 162 g/mol. The third kappa shape index (κ3) is 2.79. The van der Waals surface area contributed by atoms with Crippen LogP contribution in [-0.2, 0) is 0 Å². The van der Waals surface area contributed by atoms with Crippen LogP contribution >= 0.6 is 0 Å². The van der Waals surface area contributed by atoms with Crippen molar-refractivity contribution in [3.63, 3.8) is 0 Å². The molecule has 1 rings (SSSR count). The summed E-state index contributed by atoms with van der Waals surface area (Å²) in [6.07, 6.45) is 1.89. The van der Waals surface area contributed by atoms with Crippen molar-refractivity contribution in [1.29, 1.82) is 0 Å². The molecule has 12 heavy (non-hydrogen) atoms. The third-order valence-electron chi connectivity index (χ3n) is 1.66. The van der Waals surface area contributed by atoms with E-state index in [1.807, 2.05) is 36.4 Å². The summed E-state index contributed by atoms with van der Waals surface area (Å²) in [5, 5.41) is 0. The van der Waals surface area contributed by atoms with Gasteiger partial charge in [0.25, 0.3) is 0 Å². The molecule has 0 aliphatic carbocycles. The van der Waals surface area contributed by atoms with Crippen LogP contribution in [0.3, 0.4) is 0 Å². The van der Waals surface area contributed by atoms with Crippen molar-refractivity contribution in [3.05, 3.63) is 43.0 Å². The van der Waals surface area contributed by atoms with Crippen molar-refractivity contribution in [3.8, 4) is 5.75 Å². The first kappa shape index (κ1) is 8.85. The Kier molecular flexibility index (Phi) is 3.39. The standard InChI is InChI=1S/C11H14O/c1-3-10(2)9-12-11-7-5-4-6-8-11/h3-8,10H,1,9H2,2H3. The smallest absolute Gasteiger partial charge is 0.119 e. The molecule has 0 aliphatic heterocycles. The molecule has 0 amide bonds. The normalized spacial score (nSPS) is 12.1. The largest absolute Gasteiger partial charge is 0.493 e. The minimum Gasteiger partial charge on any atom is -0.493 e. The molecular weight excluding hydrogens is 148 g/mol. The van der Waals surface area contributed by atoms with Crippen LogP contribution in [0, 0.1) is 5.92 Å². The fourth-order valence-corrected chi connectivity index (χ4v) is 0.812. The zero-order chi connectivity index (χ0) is 8.81. The second-order valence-corrected chi connectivity index (χ2v) is 2.84. The van der Waals surface area contributed by atoms with Crippen molar-refractivity contribution in [1.82, 2.24) is 0 Å². The minimum atomic E-state index is 0.408. The number of benzene rings is 1. The second kappa shape index (κ2) is 4.60. The molecule has 0 bridgehead atoms. The highest BCUT2D eigenvalue weighted by atomic mass is 16.5. The van der Waals surface area contributed by atoms with E-state index < -0.39 is 0 Å². The first-order valence-corrected chi connectivity index (χ1v) is 4.13. The lowest BCUT2D eigenvalue weighted by Gasteiger charge is -2.08. The Bertz CT molecular complexity index is 228. The Morgan fingerprint density at radius 2 is 2.08 bits per heavy atom. The molecule has 64 valence electrons. The van der Waals surface area contributed by atoms with Crippen LogP contribution < -0.4 is 4.74 Å². The van der Waals surface area contributed by atoms with Crippen LogP contribution in [-0.4, -0.2) is 6.61 Å². The fraction of sp³-hybridized carbons (Fsp3) is 0.273. The van der Waals surface area contributed by atoms with E-state index in [9.17, 15) is 0 Å². The van der Waals surface area contributed by atoms with E-state index in [2.05, 4.69) is 13.5 Å². The Hall–Kier alpha value is -1.24. The van der Waals surface area contributed by atoms with E-state index in [0.29, 0.717) is 12.5 Å². The van der Waals surface area contributed by atoms with E-state index in [1.165, 1.54) is 0 Å². The monoisotopic (exact) mass is 162 g/mol. The van der Waals surface area contributed by atoms with Gasteiger partial charge in [-0.2, -0.15) is 0 Å². The molecule has 1 aromatic carbocycles. The predicted octanol–water partition coefficient (Wildman–Crippen LogP) is 2.89. The predicted molar refractivity (Wildman–Crippen MR) is 51.3 cm³/mol. The maximum absolute atomic E-state index is 5.49. The van der Waals surface area contributed by atoms with Gasteiger partial charge < -0.3 is 4.74 Å². The van der Waals surface area contributed by atoms with Crippen molar-refractivity contribution in [2.45, 2.75) is 6.92 Å². The summed E-state index contributed by atoms with van der Waals surface area (Å²) in [7, 11) is 0. The minimum absolute atomic E-state index is 0.408. The van der Waals surface area contributed by atoms with E-state index in [1.54, 1.807) is 0 Å². The van der Waals surface area contributed by atoms with Crippen LogP contribution in [0.4, 0.5) is 0 Å². The lowest BCUT2D eigenvalue weighted by molar-refractivity contribution is 0.285. The molecule has 0 aromatic heterocycles. The lowest BCUT2D eigenvalue weighted by Crippen LogP contribution is -2.05. The number of hydrogen-bond acceptors (Lipinski definition) is 1. The quantitative estimate of drug-likeness (QED) is 0.618. The van der Waals surface area contributed by atoms with E-state index in [4.69, 9.17) is 4.74 Å². The molecule has 0 spiro atoms. The molecule has 1 nitrogen and oxygen atoms in total. The van der Waals surface area contributed by atoms with Crippen molar-refractivity contribution < 1.29 is 4.74 Å². The summed E-state index contributed by atoms with van der Waals surface area (Å²) in [4.78, 5) is 0. The molecule has 0 radical (unpaired) electrons. The highest BCUT2D eigenvalue weighted by Gasteiger charge is 1.96. The van der Waals surface area contributed by atoms with Gasteiger partial charge in [0.2, 0.25) is 0 Å². The maximum Gasteiger partial charge on any atom is 0.119 e. The summed E-state index contributed by atoms with van der Waals surface area (Å²) in [5.74, 6) is 1.33. The molecule has 0 saturated carbocycles. The van der Waals surface area contributed by atoms with Gasteiger partial charge >= 0.3 is 0 Å². The first-order valence-electron chi connectivity index (χ1n) is 4.13. The molecule has 1 atom stereocenters. The molecule has 0 heterocycles. The van der Waals surface area contributed by atoms with Crippen LogP contribution in [0.5, 0.6) is 5.75 Å². The molecule has 1 unspecified atom stereocenters. The number of ether oxygens (including phenoxy) is 1. The molecule has 0 saturated heterocycles. The van der Waals surface area contributed by atoms with Gasteiger partial charge in [0, 0.05) is 5.92 Å². The topological polar surface area (TPSA) is 9.23 Å². The zero-order valence-corrected chi connectivity index (χ0v) is 7.36. The van der Waals surface area contributed by atoms with Crippen LogP contribution in [0.25, 0.3) is 0 Å². The maximum atomic E-state index is 5.49. The van der Waals surface area contributed by atoms with Crippen LogP contribution in [0.2, 0.25) is 0 Å². The highest BCUT2D eigenvalue weighted by Crippen LogP contribution is 2.09. The Morgan fingerprint density at radius 1 is 1.42 bits per heavy atom. The SMILES string of the molecule is C=CC(C)COc1ccccc1. The molecular formula is C11H14O. The Labute approximate surface area is 73.7 Å².